The van der Waals surface area contributed by atoms with E-state index in [1.54, 1.807) is 6.20 Å². The highest BCUT2D eigenvalue weighted by Crippen LogP contribution is 2.32. The molecule has 1 amide bonds. The summed E-state index contributed by atoms with van der Waals surface area (Å²) >= 11 is 0. The first-order valence-electron chi connectivity index (χ1n) is 8.51. The van der Waals surface area contributed by atoms with Crippen molar-refractivity contribution in [2.45, 2.75) is 38.8 Å². The molecule has 1 fully saturated rings. The Bertz CT molecular complexity index is 710. The molecule has 1 aliphatic heterocycles. The predicted molar refractivity (Wildman–Crippen MR) is 92.4 cm³/mol. The number of rotatable bonds is 5. The minimum Gasteiger partial charge on any atom is -0.361 e. The summed E-state index contributed by atoms with van der Waals surface area (Å²) in [5, 5.41) is 0. The molecule has 1 aliphatic rings. The minimum absolute atomic E-state index is 0.0556. The van der Waals surface area contributed by atoms with Gasteiger partial charge in [-0.3, -0.25) is 4.79 Å². The number of carbonyl (C=O) groups is 1. The number of aromatic nitrogens is 2. The van der Waals surface area contributed by atoms with Crippen molar-refractivity contribution in [3.8, 4) is 0 Å². The van der Waals surface area contributed by atoms with Crippen LogP contribution in [0.25, 0.3) is 0 Å². The van der Waals surface area contributed by atoms with Gasteiger partial charge < -0.3 is 14.2 Å². The number of aryl methyl sites for hydroxylation is 2. The second-order valence-corrected chi connectivity index (χ2v) is 6.51. The summed E-state index contributed by atoms with van der Waals surface area (Å²) in [4.78, 5) is 18.9. The molecule has 0 radical (unpaired) electrons. The Morgan fingerprint density at radius 3 is 3.00 bits per heavy atom. The van der Waals surface area contributed by atoms with Gasteiger partial charge in [0.1, 0.15) is 18.5 Å². The molecule has 0 N–H and O–H groups in total. The lowest BCUT2D eigenvalue weighted by molar-refractivity contribution is -0.139. The van der Waals surface area contributed by atoms with E-state index in [0.717, 1.165) is 25.2 Å². The summed E-state index contributed by atoms with van der Waals surface area (Å²) in [6.07, 6.45) is 5.48. The van der Waals surface area contributed by atoms with Crippen molar-refractivity contribution in [3.05, 3.63) is 53.6 Å². The van der Waals surface area contributed by atoms with Gasteiger partial charge in [-0.1, -0.05) is 29.8 Å². The first kappa shape index (κ1) is 16.7. The van der Waals surface area contributed by atoms with E-state index in [-0.39, 0.29) is 24.7 Å². The van der Waals surface area contributed by atoms with Crippen molar-refractivity contribution in [1.82, 2.24) is 14.5 Å². The first-order chi connectivity index (χ1) is 11.6. The average Bonchev–Trinajstić information content (AvgIpc) is 3.21. The minimum atomic E-state index is -0.200. The van der Waals surface area contributed by atoms with Crippen molar-refractivity contribution < 1.29 is 9.53 Å². The van der Waals surface area contributed by atoms with Crippen LogP contribution >= 0.6 is 0 Å². The largest absolute Gasteiger partial charge is 0.361 e. The molecule has 1 aromatic carbocycles. The second-order valence-electron chi connectivity index (χ2n) is 6.51. The van der Waals surface area contributed by atoms with Crippen molar-refractivity contribution in [2.24, 2.45) is 7.05 Å². The van der Waals surface area contributed by atoms with Crippen LogP contribution in [0, 0.1) is 6.92 Å². The molecule has 128 valence electrons. The van der Waals surface area contributed by atoms with E-state index in [9.17, 15) is 4.79 Å². The van der Waals surface area contributed by atoms with Gasteiger partial charge in [-0.05, 0) is 32.3 Å². The van der Waals surface area contributed by atoms with Crippen LogP contribution in [0.15, 0.2) is 36.7 Å². The lowest BCUT2D eigenvalue weighted by Gasteiger charge is -2.26. The van der Waals surface area contributed by atoms with Gasteiger partial charge in [0, 0.05) is 26.0 Å². The maximum absolute atomic E-state index is 12.6. The van der Waals surface area contributed by atoms with Crippen LogP contribution < -0.4 is 0 Å². The highest BCUT2D eigenvalue weighted by molar-refractivity contribution is 5.78. The Labute approximate surface area is 143 Å². The van der Waals surface area contributed by atoms with Crippen LogP contribution in [0.5, 0.6) is 0 Å². The SMILES string of the molecule is Cc1cccc(C2CCCN2C(=O)COC(C)c2nccn2C)c1. The highest BCUT2D eigenvalue weighted by Gasteiger charge is 2.30. The fourth-order valence-corrected chi connectivity index (χ4v) is 3.41. The number of imidazole rings is 1. The molecule has 3 rings (SSSR count). The van der Waals surface area contributed by atoms with E-state index in [1.807, 2.05) is 29.6 Å². The summed E-state index contributed by atoms with van der Waals surface area (Å²) in [5.41, 5.74) is 2.45. The van der Waals surface area contributed by atoms with E-state index in [2.05, 4.69) is 36.2 Å². The Morgan fingerprint density at radius 2 is 2.29 bits per heavy atom. The fourth-order valence-electron chi connectivity index (χ4n) is 3.41. The molecule has 0 saturated carbocycles. The number of amides is 1. The van der Waals surface area contributed by atoms with Crippen LogP contribution in [-0.4, -0.2) is 33.5 Å². The van der Waals surface area contributed by atoms with Gasteiger partial charge in [0.2, 0.25) is 5.91 Å². The predicted octanol–water partition coefficient (Wildman–Crippen LogP) is 3.17. The number of nitrogens with zero attached hydrogens (tertiary/aromatic N) is 3. The summed E-state index contributed by atoms with van der Waals surface area (Å²) in [5.74, 6) is 0.888. The molecule has 24 heavy (non-hydrogen) atoms. The zero-order chi connectivity index (χ0) is 17.1. The van der Waals surface area contributed by atoms with Crippen LogP contribution in [0.3, 0.4) is 0 Å². The molecular weight excluding hydrogens is 302 g/mol. The number of hydrogen-bond donors (Lipinski definition) is 0. The number of benzene rings is 1. The molecule has 0 spiro atoms. The molecule has 2 unspecified atom stereocenters. The molecule has 5 heteroatoms. The van der Waals surface area contributed by atoms with Crippen molar-refractivity contribution in [1.29, 1.82) is 0 Å². The summed E-state index contributed by atoms with van der Waals surface area (Å²) in [6.45, 7) is 4.91. The van der Waals surface area contributed by atoms with Gasteiger partial charge in [0.25, 0.3) is 0 Å². The Hall–Kier alpha value is -2.14. The van der Waals surface area contributed by atoms with Crippen molar-refractivity contribution in [3.63, 3.8) is 0 Å². The van der Waals surface area contributed by atoms with Gasteiger partial charge >= 0.3 is 0 Å². The monoisotopic (exact) mass is 327 g/mol. The third-order valence-electron chi connectivity index (χ3n) is 4.68. The van der Waals surface area contributed by atoms with Crippen LogP contribution in [0.4, 0.5) is 0 Å². The Morgan fingerprint density at radius 1 is 1.46 bits per heavy atom. The number of likely N-dealkylation sites (tertiary alicyclic amines) is 1. The quantitative estimate of drug-likeness (QED) is 0.847. The van der Waals surface area contributed by atoms with E-state index in [4.69, 9.17) is 4.74 Å². The third-order valence-corrected chi connectivity index (χ3v) is 4.68. The smallest absolute Gasteiger partial charge is 0.249 e. The standard InChI is InChI=1S/C19H25N3O2/c1-14-6-4-7-16(12-14)17-8-5-10-22(17)18(23)13-24-15(2)19-20-9-11-21(19)3/h4,6-7,9,11-12,15,17H,5,8,10,13H2,1-3H3. The van der Waals surface area contributed by atoms with Gasteiger partial charge in [-0.15, -0.1) is 0 Å². The maximum Gasteiger partial charge on any atom is 0.249 e. The number of carbonyl (C=O) groups excluding carboxylic acids is 1. The Kier molecular flexibility index (Phi) is 5.00. The van der Waals surface area contributed by atoms with Crippen molar-refractivity contribution >= 4 is 5.91 Å². The lowest BCUT2D eigenvalue weighted by Crippen LogP contribution is -2.34. The molecular formula is C19H25N3O2. The summed E-state index contributed by atoms with van der Waals surface area (Å²) < 4.78 is 7.69. The molecule has 2 atom stereocenters. The van der Waals surface area contributed by atoms with Crippen molar-refractivity contribution in [2.75, 3.05) is 13.2 Å². The maximum atomic E-state index is 12.6. The Balaban J connectivity index is 1.63. The third kappa shape index (κ3) is 3.51. The van der Waals surface area contributed by atoms with E-state index >= 15 is 0 Å². The van der Waals surface area contributed by atoms with Crippen LogP contribution in [0.1, 0.15) is 48.9 Å². The molecule has 5 nitrogen and oxygen atoms in total. The second kappa shape index (κ2) is 7.18. The fraction of sp³-hybridized carbons (Fsp3) is 0.474. The average molecular weight is 327 g/mol. The van der Waals surface area contributed by atoms with Crippen LogP contribution in [-0.2, 0) is 16.6 Å². The van der Waals surface area contributed by atoms with Crippen LogP contribution in [0.2, 0.25) is 0 Å². The highest BCUT2D eigenvalue weighted by atomic mass is 16.5. The zero-order valence-corrected chi connectivity index (χ0v) is 14.6. The summed E-state index contributed by atoms with van der Waals surface area (Å²) in [6, 6.07) is 8.60. The van der Waals surface area contributed by atoms with E-state index in [1.165, 1.54) is 11.1 Å². The molecule has 0 bridgehead atoms. The van der Waals surface area contributed by atoms with Gasteiger partial charge in [-0.2, -0.15) is 0 Å². The molecule has 2 heterocycles. The van der Waals surface area contributed by atoms with E-state index < -0.39 is 0 Å². The molecule has 0 aliphatic carbocycles. The molecule has 1 saturated heterocycles. The molecule has 1 aromatic heterocycles. The number of hydrogen-bond acceptors (Lipinski definition) is 3. The van der Waals surface area contributed by atoms with Gasteiger partial charge in [-0.25, -0.2) is 4.98 Å². The van der Waals surface area contributed by atoms with E-state index in [0.29, 0.717) is 0 Å². The molecule has 2 aromatic rings. The summed E-state index contributed by atoms with van der Waals surface area (Å²) in [7, 11) is 1.93. The normalized spacial score (nSPS) is 18.8. The zero-order valence-electron chi connectivity index (χ0n) is 14.6. The number of ether oxygens (including phenoxy) is 1. The van der Waals surface area contributed by atoms with Gasteiger partial charge in [0.05, 0.1) is 6.04 Å². The first-order valence-corrected chi connectivity index (χ1v) is 8.51. The van der Waals surface area contributed by atoms with Gasteiger partial charge in [0.15, 0.2) is 0 Å². The lowest BCUT2D eigenvalue weighted by atomic mass is 10.0. The topological polar surface area (TPSA) is 47.4 Å².